The molecule has 0 aliphatic heterocycles. The van der Waals surface area contributed by atoms with Crippen LogP contribution in [0.25, 0.3) is 0 Å². The van der Waals surface area contributed by atoms with E-state index in [1.54, 1.807) is 0 Å². The lowest BCUT2D eigenvalue weighted by Gasteiger charge is -2.11. The van der Waals surface area contributed by atoms with Gasteiger partial charge in [0.2, 0.25) is 0 Å². The third-order valence-electron chi connectivity index (χ3n) is 3.04. The van der Waals surface area contributed by atoms with Gasteiger partial charge in [-0.2, -0.15) is 0 Å². The fourth-order valence-electron chi connectivity index (χ4n) is 1.82. The number of sulfone groups is 1. The number of nitrogens with one attached hydrogen (secondary N) is 1. The number of nitrogens with zero attached hydrogens (tertiary/aromatic N) is 1. The Bertz CT molecular complexity index is 394. The number of hydrogen-bond acceptors (Lipinski definition) is 3. The van der Waals surface area contributed by atoms with Gasteiger partial charge in [0.25, 0.3) is 0 Å². The van der Waals surface area contributed by atoms with Crippen LogP contribution in [-0.2, 0) is 9.84 Å². The molecule has 0 unspecified atom stereocenters. The molecule has 0 aromatic heterocycles. The number of nitrogens with two attached hydrogens (primary N) is 1. The van der Waals surface area contributed by atoms with Gasteiger partial charge in [-0.3, -0.25) is 4.99 Å². The van der Waals surface area contributed by atoms with Crippen LogP contribution in [0.2, 0.25) is 0 Å². The first-order valence-electron chi connectivity index (χ1n) is 5.63. The standard InChI is InChI=1S/C10H19N3O2S/c1-16(14,15)7-10(4-5-10)6-12-9(11)13-8-2-3-8/h8H,2-7H2,1H3,(H3,11,12,13). The lowest BCUT2D eigenvalue weighted by atomic mass is 10.1. The van der Waals surface area contributed by atoms with E-state index in [2.05, 4.69) is 10.3 Å². The normalized spacial score (nSPS) is 24.2. The van der Waals surface area contributed by atoms with Crippen molar-refractivity contribution in [2.45, 2.75) is 31.7 Å². The van der Waals surface area contributed by atoms with Crippen LogP contribution >= 0.6 is 0 Å². The maximum absolute atomic E-state index is 11.2. The maximum atomic E-state index is 11.2. The molecule has 2 fully saturated rings. The van der Waals surface area contributed by atoms with Crippen LogP contribution in [0.15, 0.2) is 4.99 Å². The van der Waals surface area contributed by atoms with Crippen LogP contribution in [0, 0.1) is 5.41 Å². The summed E-state index contributed by atoms with van der Waals surface area (Å²) in [5.41, 5.74) is 5.58. The number of guanidine groups is 1. The highest BCUT2D eigenvalue weighted by atomic mass is 32.2. The van der Waals surface area contributed by atoms with E-state index in [1.165, 1.54) is 6.26 Å². The van der Waals surface area contributed by atoms with Gasteiger partial charge < -0.3 is 11.1 Å². The summed E-state index contributed by atoms with van der Waals surface area (Å²) in [6.07, 6.45) is 5.48. The van der Waals surface area contributed by atoms with E-state index >= 15 is 0 Å². The lowest BCUT2D eigenvalue weighted by molar-refractivity contribution is 0.551. The van der Waals surface area contributed by atoms with Gasteiger partial charge in [-0.25, -0.2) is 8.42 Å². The molecule has 0 saturated heterocycles. The van der Waals surface area contributed by atoms with Gasteiger partial charge in [0, 0.05) is 24.3 Å². The van der Waals surface area contributed by atoms with Crippen LogP contribution in [-0.4, -0.2) is 39.0 Å². The summed E-state index contributed by atoms with van der Waals surface area (Å²) in [6.45, 7) is 0.533. The highest BCUT2D eigenvalue weighted by Gasteiger charge is 2.45. The van der Waals surface area contributed by atoms with Crippen molar-refractivity contribution < 1.29 is 8.42 Å². The zero-order valence-electron chi connectivity index (χ0n) is 9.57. The van der Waals surface area contributed by atoms with Crippen LogP contribution in [0.1, 0.15) is 25.7 Å². The molecule has 0 bridgehead atoms. The lowest BCUT2D eigenvalue weighted by Crippen LogP contribution is -2.34. The highest BCUT2D eigenvalue weighted by molar-refractivity contribution is 7.90. The average molecular weight is 245 g/mol. The average Bonchev–Trinajstić information content (AvgIpc) is 2.98. The second-order valence-corrected chi connectivity index (χ2v) is 7.33. The Morgan fingerprint density at radius 2 is 2.12 bits per heavy atom. The second-order valence-electron chi connectivity index (χ2n) is 5.19. The second kappa shape index (κ2) is 3.91. The van der Waals surface area contributed by atoms with Crippen molar-refractivity contribution in [1.82, 2.24) is 5.32 Å². The molecule has 0 spiro atoms. The van der Waals surface area contributed by atoms with Crippen LogP contribution in [0.5, 0.6) is 0 Å². The molecule has 2 rings (SSSR count). The molecule has 6 heteroatoms. The van der Waals surface area contributed by atoms with Crippen molar-refractivity contribution in [3.8, 4) is 0 Å². The van der Waals surface area contributed by atoms with Gasteiger partial charge in [-0.05, 0) is 25.7 Å². The molecule has 0 aromatic carbocycles. The number of rotatable bonds is 5. The quantitative estimate of drug-likeness (QED) is 0.522. The Kier molecular flexibility index (Phi) is 2.86. The van der Waals surface area contributed by atoms with Gasteiger partial charge in [0.1, 0.15) is 9.84 Å². The molecule has 16 heavy (non-hydrogen) atoms. The first-order chi connectivity index (χ1) is 7.39. The molecule has 2 saturated carbocycles. The predicted octanol–water partition coefficient (Wildman–Crippen LogP) is -0.122. The van der Waals surface area contributed by atoms with E-state index in [0.717, 1.165) is 25.7 Å². The summed E-state index contributed by atoms with van der Waals surface area (Å²) >= 11 is 0. The molecule has 0 amide bonds. The molecule has 0 radical (unpaired) electrons. The molecular formula is C10H19N3O2S. The molecule has 0 aromatic rings. The summed E-state index contributed by atoms with van der Waals surface area (Å²) in [4.78, 5) is 4.24. The van der Waals surface area contributed by atoms with Crippen molar-refractivity contribution in [3.05, 3.63) is 0 Å². The fourth-order valence-corrected chi connectivity index (χ4v) is 3.31. The van der Waals surface area contributed by atoms with Gasteiger partial charge in [0.05, 0.1) is 5.75 Å². The van der Waals surface area contributed by atoms with E-state index in [0.29, 0.717) is 18.5 Å². The predicted molar refractivity (Wildman–Crippen MR) is 64.0 cm³/mol. The molecule has 2 aliphatic carbocycles. The molecule has 2 aliphatic rings. The monoisotopic (exact) mass is 245 g/mol. The summed E-state index contributed by atoms with van der Waals surface area (Å²) in [6, 6.07) is 0.494. The first-order valence-corrected chi connectivity index (χ1v) is 7.69. The van der Waals surface area contributed by atoms with Crippen molar-refractivity contribution in [1.29, 1.82) is 0 Å². The Labute approximate surface area is 96.4 Å². The van der Waals surface area contributed by atoms with Crippen LogP contribution in [0.4, 0.5) is 0 Å². The Morgan fingerprint density at radius 3 is 2.56 bits per heavy atom. The minimum absolute atomic E-state index is 0.122. The Morgan fingerprint density at radius 1 is 1.50 bits per heavy atom. The topological polar surface area (TPSA) is 84.5 Å². The highest BCUT2D eigenvalue weighted by Crippen LogP contribution is 2.46. The minimum Gasteiger partial charge on any atom is -0.370 e. The Hall–Kier alpha value is -0.780. The maximum Gasteiger partial charge on any atom is 0.188 e. The summed E-state index contributed by atoms with van der Waals surface area (Å²) in [5, 5.41) is 3.10. The summed E-state index contributed by atoms with van der Waals surface area (Å²) in [7, 11) is -2.91. The van der Waals surface area contributed by atoms with Crippen LogP contribution in [0.3, 0.4) is 0 Å². The number of aliphatic imine (C=N–C) groups is 1. The van der Waals surface area contributed by atoms with Crippen molar-refractivity contribution in [2.24, 2.45) is 16.1 Å². The Balaban J connectivity index is 1.84. The smallest absolute Gasteiger partial charge is 0.188 e. The molecule has 3 N–H and O–H groups in total. The fraction of sp³-hybridized carbons (Fsp3) is 0.900. The van der Waals surface area contributed by atoms with Gasteiger partial charge >= 0.3 is 0 Å². The van der Waals surface area contributed by atoms with E-state index in [1.807, 2.05) is 0 Å². The van der Waals surface area contributed by atoms with Gasteiger partial charge in [0.15, 0.2) is 5.96 Å². The first kappa shape index (κ1) is 11.7. The van der Waals surface area contributed by atoms with E-state index in [9.17, 15) is 8.42 Å². The minimum atomic E-state index is -2.91. The largest absolute Gasteiger partial charge is 0.370 e. The summed E-state index contributed by atoms with van der Waals surface area (Å²) < 4.78 is 22.4. The van der Waals surface area contributed by atoms with Crippen LogP contribution < -0.4 is 11.1 Å². The van der Waals surface area contributed by atoms with E-state index in [4.69, 9.17) is 5.73 Å². The zero-order valence-corrected chi connectivity index (χ0v) is 10.4. The number of hydrogen-bond donors (Lipinski definition) is 2. The SMILES string of the molecule is CS(=O)(=O)CC1(CN=C(N)NC2CC2)CC1. The third-order valence-corrected chi connectivity index (χ3v) is 4.18. The van der Waals surface area contributed by atoms with Crippen molar-refractivity contribution in [2.75, 3.05) is 18.6 Å². The van der Waals surface area contributed by atoms with Gasteiger partial charge in [-0.1, -0.05) is 0 Å². The van der Waals surface area contributed by atoms with Gasteiger partial charge in [-0.15, -0.1) is 0 Å². The molecule has 0 heterocycles. The summed E-state index contributed by atoms with van der Waals surface area (Å²) in [5.74, 6) is 0.697. The van der Waals surface area contributed by atoms with Crippen molar-refractivity contribution in [3.63, 3.8) is 0 Å². The third kappa shape index (κ3) is 3.66. The molecule has 92 valence electrons. The van der Waals surface area contributed by atoms with E-state index < -0.39 is 9.84 Å². The molecule has 0 atom stereocenters. The molecular weight excluding hydrogens is 226 g/mol. The van der Waals surface area contributed by atoms with E-state index in [-0.39, 0.29) is 11.2 Å². The zero-order chi connectivity index (χ0) is 11.8. The van der Waals surface area contributed by atoms with Crippen molar-refractivity contribution >= 4 is 15.8 Å². The molecule has 5 nitrogen and oxygen atoms in total.